The van der Waals surface area contributed by atoms with Crippen LogP contribution in [0.5, 0.6) is 11.5 Å². The van der Waals surface area contributed by atoms with E-state index in [0.717, 1.165) is 11.8 Å². The lowest BCUT2D eigenvalue weighted by molar-refractivity contribution is -0.186. The van der Waals surface area contributed by atoms with Crippen LogP contribution in [0.3, 0.4) is 0 Å². The second-order valence-electron chi connectivity index (χ2n) is 8.22. The Morgan fingerprint density at radius 1 is 1.00 bits per heavy atom. The van der Waals surface area contributed by atoms with Crippen LogP contribution in [0.25, 0.3) is 0 Å². The Labute approximate surface area is 155 Å². The van der Waals surface area contributed by atoms with Gasteiger partial charge in [0.15, 0.2) is 11.5 Å². The minimum Gasteiger partial charge on any atom is -0.493 e. The fourth-order valence-electron chi connectivity index (χ4n) is 5.97. The van der Waals surface area contributed by atoms with E-state index in [0.29, 0.717) is 35.4 Å². The van der Waals surface area contributed by atoms with Crippen molar-refractivity contribution in [2.24, 2.45) is 23.7 Å². The summed E-state index contributed by atoms with van der Waals surface area (Å²) in [6.07, 6.45) is 6.44. The lowest BCUT2D eigenvalue weighted by Crippen LogP contribution is -2.63. The minimum absolute atomic E-state index is 0.0869. The molecule has 0 atom stereocenters. The van der Waals surface area contributed by atoms with Crippen molar-refractivity contribution in [2.75, 3.05) is 27.9 Å². The summed E-state index contributed by atoms with van der Waals surface area (Å²) in [4.78, 5) is 12.7. The molecule has 4 saturated carbocycles. The van der Waals surface area contributed by atoms with Crippen molar-refractivity contribution in [1.82, 2.24) is 5.32 Å². The Kier molecular flexibility index (Phi) is 4.59. The molecule has 0 saturated heterocycles. The SMILES string of the molecule is COc1ccc(C(=O)NCC2(OC)C3CC4CC(C3)CC2C4)cc1OC. The smallest absolute Gasteiger partial charge is 0.251 e. The predicted molar refractivity (Wildman–Crippen MR) is 98.7 cm³/mol. The number of carbonyl (C=O) groups excluding carboxylic acids is 1. The molecule has 0 aliphatic heterocycles. The highest BCUT2D eigenvalue weighted by atomic mass is 16.5. The van der Waals surface area contributed by atoms with Gasteiger partial charge in [-0.05, 0) is 74.0 Å². The molecule has 1 aromatic rings. The van der Waals surface area contributed by atoms with Gasteiger partial charge in [0.1, 0.15) is 0 Å². The molecule has 1 N–H and O–H groups in total. The van der Waals surface area contributed by atoms with Gasteiger partial charge in [-0.2, -0.15) is 0 Å². The molecule has 4 fully saturated rings. The summed E-state index contributed by atoms with van der Waals surface area (Å²) in [5.74, 6) is 4.01. The van der Waals surface area contributed by atoms with E-state index in [1.165, 1.54) is 32.1 Å². The van der Waals surface area contributed by atoms with Crippen molar-refractivity contribution in [2.45, 2.75) is 37.7 Å². The zero-order chi connectivity index (χ0) is 18.3. The van der Waals surface area contributed by atoms with E-state index >= 15 is 0 Å². The highest BCUT2D eigenvalue weighted by Crippen LogP contribution is 2.59. The van der Waals surface area contributed by atoms with Crippen LogP contribution in [0.4, 0.5) is 0 Å². The largest absolute Gasteiger partial charge is 0.493 e. The molecule has 142 valence electrons. The number of amides is 1. The van der Waals surface area contributed by atoms with Crippen LogP contribution in [0.1, 0.15) is 42.5 Å². The van der Waals surface area contributed by atoms with E-state index in [9.17, 15) is 4.79 Å². The molecule has 0 heterocycles. The Morgan fingerprint density at radius 2 is 1.62 bits per heavy atom. The van der Waals surface area contributed by atoms with Crippen LogP contribution in [0, 0.1) is 23.7 Å². The van der Waals surface area contributed by atoms with Gasteiger partial charge in [0.05, 0.1) is 19.8 Å². The van der Waals surface area contributed by atoms with Crippen LogP contribution in [-0.2, 0) is 4.74 Å². The van der Waals surface area contributed by atoms with Gasteiger partial charge in [-0.3, -0.25) is 4.79 Å². The number of carbonyl (C=O) groups is 1. The highest BCUT2D eigenvalue weighted by molar-refractivity contribution is 5.94. The summed E-state index contributed by atoms with van der Waals surface area (Å²) in [5.41, 5.74) is 0.386. The summed E-state index contributed by atoms with van der Waals surface area (Å²) in [6, 6.07) is 5.26. The standard InChI is InChI=1S/C21H29NO4/c1-24-18-5-4-15(11-19(18)25-2)20(23)22-12-21(26-3)16-7-13-6-14(9-16)10-17(21)8-13/h4-5,11,13-14,16-17H,6-10,12H2,1-3H3,(H,22,23). The zero-order valence-corrected chi connectivity index (χ0v) is 15.9. The Morgan fingerprint density at radius 3 is 2.15 bits per heavy atom. The molecule has 5 rings (SSSR count). The summed E-state index contributed by atoms with van der Waals surface area (Å²) < 4.78 is 16.7. The first-order valence-electron chi connectivity index (χ1n) is 9.65. The average Bonchev–Trinajstić information content (AvgIpc) is 2.66. The summed E-state index contributed by atoms with van der Waals surface area (Å²) in [5, 5.41) is 3.15. The van der Waals surface area contributed by atoms with Crippen molar-refractivity contribution in [3.8, 4) is 11.5 Å². The number of methoxy groups -OCH3 is 3. The lowest BCUT2D eigenvalue weighted by atomic mass is 9.49. The van der Waals surface area contributed by atoms with Crippen LogP contribution < -0.4 is 14.8 Å². The van der Waals surface area contributed by atoms with Gasteiger partial charge in [-0.15, -0.1) is 0 Å². The maximum Gasteiger partial charge on any atom is 0.251 e. The topological polar surface area (TPSA) is 56.8 Å². The van der Waals surface area contributed by atoms with E-state index < -0.39 is 0 Å². The van der Waals surface area contributed by atoms with Crippen LogP contribution in [0.15, 0.2) is 18.2 Å². The number of benzene rings is 1. The van der Waals surface area contributed by atoms with Gasteiger partial charge in [-0.25, -0.2) is 0 Å². The van der Waals surface area contributed by atoms with Crippen molar-refractivity contribution in [3.05, 3.63) is 23.8 Å². The van der Waals surface area contributed by atoms with E-state index in [2.05, 4.69) is 5.32 Å². The van der Waals surface area contributed by atoms with Crippen LogP contribution in [-0.4, -0.2) is 39.4 Å². The lowest BCUT2D eigenvalue weighted by Gasteiger charge is -2.60. The maximum absolute atomic E-state index is 12.7. The van der Waals surface area contributed by atoms with Gasteiger partial charge >= 0.3 is 0 Å². The molecule has 5 heteroatoms. The van der Waals surface area contributed by atoms with Gasteiger partial charge < -0.3 is 19.5 Å². The Bertz CT molecular complexity index is 659. The fourth-order valence-corrected chi connectivity index (χ4v) is 5.97. The molecule has 4 aliphatic rings. The van der Waals surface area contributed by atoms with Crippen molar-refractivity contribution in [3.63, 3.8) is 0 Å². The number of hydrogen-bond acceptors (Lipinski definition) is 4. The first kappa shape index (κ1) is 17.7. The molecule has 1 aromatic carbocycles. The highest BCUT2D eigenvalue weighted by Gasteiger charge is 2.57. The molecule has 0 radical (unpaired) electrons. The minimum atomic E-state index is -0.195. The third-order valence-electron chi connectivity index (χ3n) is 7.07. The van der Waals surface area contributed by atoms with Crippen molar-refractivity contribution >= 4 is 5.91 Å². The zero-order valence-electron chi connectivity index (χ0n) is 15.9. The van der Waals surface area contributed by atoms with E-state index in [1.54, 1.807) is 32.4 Å². The Hall–Kier alpha value is -1.75. The third-order valence-corrected chi connectivity index (χ3v) is 7.07. The second-order valence-corrected chi connectivity index (χ2v) is 8.22. The van der Waals surface area contributed by atoms with Crippen LogP contribution >= 0.6 is 0 Å². The van der Waals surface area contributed by atoms with Crippen molar-refractivity contribution < 1.29 is 19.0 Å². The first-order valence-corrected chi connectivity index (χ1v) is 9.65. The molecular weight excluding hydrogens is 330 g/mol. The van der Waals surface area contributed by atoms with Gasteiger partial charge in [0.25, 0.3) is 5.91 Å². The van der Waals surface area contributed by atoms with Crippen LogP contribution in [0.2, 0.25) is 0 Å². The van der Waals surface area contributed by atoms with Gasteiger partial charge in [0.2, 0.25) is 0 Å². The van der Waals surface area contributed by atoms with E-state index in [4.69, 9.17) is 14.2 Å². The molecule has 26 heavy (non-hydrogen) atoms. The van der Waals surface area contributed by atoms with E-state index in [1.807, 2.05) is 7.11 Å². The summed E-state index contributed by atoms with van der Waals surface area (Å²) in [7, 11) is 4.99. The normalized spacial score (nSPS) is 34.6. The molecule has 1 amide bonds. The summed E-state index contributed by atoms with van der Waals surface area (Å²) >= 11 is 0. The number of rotatable bonds is 6. The van der Waals surface area contributed by atoms with Crippen molar-refractivity contribution in [1.29, 1.82) is 0 Å². The van der Waals surface area contributed by atoms with Gasteiger partial charge in [-0.1, -0.05) is 0 Å². The number of ether oxygens (including phenoxy) is 3. The molecule has 4 bridgehead atoms. The number of nitrogens with one attached hydrogen (secondary N) is 1. The van der Waals surface area contributed by atoms with Gasteiger partial charge in [0, 0.05) is 19.2 Å². The fraction of sp³-hybridized carbons (Fsp3) is 0.667. The Balaban J connectivity index is 1.48. The average molecular weight is 359 g/mol. The predicted octanol–water partition coefficient (Wildman–Crippen LogP) is 3.27. The molecule has 5 nitrogen and oxygen atoms in total. The monoisotopic (exact) mass is 359 g/mol. The second kappa shape index (κ2) is 6.76. The molecule has 4 aliphatic carbocycles. The first-order chi connectivity index (χ1) is 12.6. The maximum atomic E-state index is 12.7. The molecular formula is C21H29NO4. The quantitative estimate of drug-likeness (QED) is 0.847. The summed E-state index contributed by atoms with van der Waals surface area (Å²) in [6.45, 7) is 0.589. The number of hydrogen-bond donors (Lipinski definition) is 1. The molecule has 0 aromatic heterocycles. The third kappa shape index (κ3) is 2.77. The molecule has 0 unspecified atom stereocenters. The van der Waals surface area contributed by atoms with E-state index in [-0.39, 0.29) is 11.5 Å². The molecule has 0 spiro atoms.